The van der Waals surface area contributed by atoms with Gasteiger partial charge in [-0.1, -0.05) is 36.4 Å². The zero-order chi connectivity index (χ0) is 25.8. The van der Waals surface area contributed by atoms with Crippen LogP contribution < -0.4 is 16.6 Å². The van der Waals surface area contributed by atoms with Crippen LogP contribution in [0.1, 0.15) is 23.2 Å². The Morgan fingerprint density at radius 1 is 1.14 bits per heavy atom. The van der Waals surface area contributed by atoms with Crippen molar-refractivity contribution in [1.29, 1.82) is 0 Å². The number of aromatic amines is 1. The first-order valence-corrected chi connectivity index (χ1v) is 11.7. The number of hydrogen-bond acceptors (Lipinski definition) is 9. The summed E-state index contributed by atoms with van der Waals surface area (Å²) in [5, 5.41) is 33.4. The molecule has 4 atom stereocenters. The van der Waals surface area contributed by atoms with Crippen LogP contribution in [0.3, 0.4) is 0 Å². The number of amides is 1. The lowest BCUT2D eigenvalue weighted by atomic mass is 10.0. The number of rotatable bonds is 5. The molecule has 12 heteroatoms. The van der Waals surface area contributed by atoms with E-state index in [1.54, 1.807) is 0 Å². The number of imidazole rings is 1. The summed E-state index contributed by atoms with van der Waals surface area (Å²) in [5.41, 5.74) is 9.99. The van der Waals surface area contributed by atoms with E-state index in [1.165, 1.54) is 10.1 Å². The van der Waals surface area contributed by atoms with Crippen LogP contribution in [0, 0.1) is 0 Å². The van der Waals surface area contributed by atoms with Crippen molar-refractivity contribution in [2.45, 2.75) is 37.4 Å². The van der Waals surface area contributed by atoms with Crippen molar-refractivity contribution in [3.05, 3.63) is 69.8 Å². The quantitative estimate of drug-likeness (QED) is 0.192. The Labute approximate surface area is 209 Å². The Balaban J connectivity index is 1.35. The molecular formula is C25H24N6O6. The zero-order valence-corrected chi connectivity index (χ0v) is 19.5. The molecule has 190 valence electrons. The van der Waals surface area contributed by atoms with E-state index in [0.29, 0.717) is 12.1 Å². The van der Waals surface area contributed by atoms with Gasteiger partial charge in [0.1, 0.15) is 24.1 Å². The molecule has 4 aromatic rings. The van der Waals surface area contributed by atoms with Gasteiger partial charge in [-0.25, -0.2) is 4.98 Å². The Morgan fingerprint density at radius 3 is 2.70 bits per heavy atom. The summed E-state index contributed by atoms with van der Waals surface area (Å²) in [4.78, 5) is 36.5. The molecule has 1 amide bonds. The molecule has 12 nitrogen and oxygen atoms in total. The molecule has 0 saturated carbocycles. The highest BCUT2D eigenvalue weighted by Gasteiger charge is 2.45. The molecule has 7 N–H and O–H groups in total. The van der Waals surface area contributed by atoms with Gasteiger partial charge in [-0.2, -0.15) is 4.98 Å². The van der Waals surface area contributed by atoms with Crippen molar-refractivity contribution < 1.29 is 24.9 Å². The predicted octanol–water partition coefficient (Wildman–Crippen LogP) is 0.0657. The summed E-state index contributed by atoms with van der Waals surface area (Å²) >= 11 is 0. The van der Waals surface area contributed by atoms with Gasteiger partial charge in [0.15, 0.2) is 17.4 Å². The number of fused-ring (bicyclic) bond motifs is 4. The number of nitrogens with one attached hydrogen (secondary N) is 2. The maximum absolute atomic E-state index is 13.2. The first kappa shape index (κ1) is 23.3. The van der Waals surface area contributed by atoms with Crippen LogP contribution in [0.5, 0.6) is 0 Å². The minimum absolute atomic E-state index is 0.0186. The number of carbonyl (C=O) groups excluding carboxylic acids is 1. The average Bonchev–Trinajstić information content (AvgIpc) is 3.51. The SMILES string of the molecule is Nc1nc2c(nc(CC(=O)Nc3cccc4c3Cc3ccccc3-4)n2[C@@H]2O[C@H](CO)[C@@H](O)[C@H]2O)c(=O)[nH]1. The number of aliphatic hydroxyl groups excluding tert-OH is 3. The van der Waals surface area contributed by atoms with E-state index in [9.17, 15) is 24.9 Å². The molecule has 0 bridgehead atoms. The van der Waals surface area contributed by atoms with E-state index in [2.05, 4.69) is 26.3 Å². The van der Waals surface area contributed by atoms with Gasteiger partial charge < -0.3 is 31.1 Å². The predicted molar refractivity (Wildman–Crippen MR) is 133 cm³/mol. The second kappa shape index (κ2) is 8.78. The van der Waals surface area contributed by atoms with E-state index >= 15 is 0 Å². The van der Waals surface area contributed by atoms with Crippen molar-refractivity contribution in [3.8, 4) is 11.1 Å². The number of nitrogens with two attached hydrogens (primary N) is 1. The van der Waals surface area contributed by atoms with Gasteiger partial charge in [-0.05, 0) is 28.3 Å². The van der Waals surface area contributed by atoms with Gasteiger partial charge in [0.05, 0.1) is 13.0 Å². The molecule has 0 radical (unpaired) electrons. The van der Waals surface area contributed by atoms with Gasteiger partial charge in [-0.15, -0.1) is 0 Å². The second-order valence-corrected chi connectivity index (χ2v) is 9.14. The van der Waals surface area contributed by atoms with Crippen LogP contribution in [-0.4, -0.2) is 65.7 Å². The summed E-state index contributed by atoms with van der Waals surface area (Å²) in [7, 11) is 0. The van der Waals surface area contributed by atoms with Gasteiger partial charge in [0.2, 0.25) is 11.9 Å². The van der Waals surface area contributed by atoms with Gasteiger partial charge in [-0.3, -0.25) is 19.1 Å². The number of carbonyl (C=O) groups is 1. The summed E-state index contributed by atoms with van der Waals surface area (Å²) in [6, 6.07) is 13.8. The average molecular weight is 505 g/mol. The summed E-state index contributed by atoms with van der Waals surface area (Å²) in [6.45, 7) is -0.547. The number of aliphatic hydroxyl groups is 3. The molecule has 3 heterocycles. The Hall–Kier alpha value is -4.10. The molecule has 2 aromatic heterocycles. The molecule has 1 aliphatic heterocycles. The van der Waals surface area contributed by atoms with Crippen molar-refractivity contribution in [1.82, 2.24) is 19.5 Å². The number of nitrogens with zero attached hydrogens (tertiary/aromatic N) is 3. The molecule has 0 unspecified atom stereocenters. The van der Waals surface area contributed by atoms with Crippen LogP contribution >= 0.6 is 0 Å². The lowest BCUT2D eigenvalue weighted by Crippen LogP contribution is -2.33. The number of anilines is 2. The molecule has 1 saturated heterocycles. The number of hydrogen-bond donors (Lipinski definition) is 6. The van der Waals surface area contributed by atoms with Crippen molar-refractivity contribution in [2.24, 2.45) is 0 Å². The minimum atomic E-state index is -1.48. The van der Waals surface area contributed by atoms with Crippen LogP contribution in [0.4, 0.5) is 11.6 Å². The molecular weight excluding hydrogens is 480 g/mol. The Bertz CT molecular complexity index is 1600. The summed E-state index contributed by atoms with van der Waals surface area (Å²) in [5.74, 6) is -0.542. The smallest absolute Gasteiger partial charge is 0.280 e. The van der Waals surface area contributed by atoms with E-state index in [4.69, 9.17) is 10.5 Å². The first-order valence-electron chi connectivity index (χ1n) is 11.7. The van der Waals surface area contributed by atoms with Gasteiger partial charge in [0, 0.05) is 12.1 Å². The number of aromatic nitrogens is 4. The third kappa shape index (κ3) is 3.78. The standard InChI is InChI=1S/C25H24N6O6/c26-25-29-22-19(23(36)30-25)28-17(31(22)24-21(35)20(34)16(10-32)37-24)9-18(33)27-15-7-3-6-13-12-5-2-1-4-11(12)8-14(13)15/h1-7,16,20-21,24,32,34-35H,8-10H2,(H,27,33)(H3,26,29,30,36)/t16-,20-,21-,24-/m1/s1. The van der Waals surface area contributed by atoms with Crippen molar-refractivity contribution in [2.75, 3.05) is 17.7 Å². The van der Waals surface area contributed by atoms with E-state index < -0.39 is 42.6 Å². The highest BCUT2D eigenvalue weighted by atomic mass is 16.6. The normalized spacial score (nSPS) is 22.2. The highest BCUT2D eigenvalue weighted by Crippen LogP contribution is 2.40. The van der Waals surface area contributed by atoms with E-state index in [0.717, 1.165) is 16.7 Å². The Kier molecular flexibility index (Phi) is 5.53. The molecule has 0 spiro atoms. The lowest BCUT2D eigenvalue weighted by Gasteiger charge is -2.19. The number of benzene rings is 2. The maximum atomic E-state index is 13.2. The number of ether oxygens (including phenoxy) is 1. The fraction of sp³-hybridized carbons (Fsp3) is 0.280. The third-order valence-electron chi connectivity index (χ3n) is 6.86. The first-order chi connectivity index (χ1) is 17.9. The molecule has 2 aliphatic rings. The van der Waals surface area contributed by atoms with Crippen LogP contribution in [-0.2, 0) is 22.4 Å². The second-order valence-electron chi connectivity index (χ2n) is 9.14. The maximum Gasteiger partial charge on any atom is 0.280 e. The summed E-state index contributed by atoms with van der Waals surface area (Å²) in [6.07, 6.45) is -4.83. The molecule has 2 aromatic carbocycles. The molecule has 1 fully saturated rings. The topological polar surface area (TPSA) is 189 Å². The van der Waals surface area contributed by atoms with E-state index in [1.807, 2.05) is 36.4 Å². The van der Waals surface area contributed by atoms with Crippen LogP contribution in [0.2, 0.25) is 0 Å². The largest absolute Gasteiger partial charge is 0.394 e. The van der Waals surface area contributed by atoms with Gasteiger partial charge >= 0.3 is 0 Å². The highest BCUT2D eigenvalue weighted by molar-refractivity contribution is 5.95. The Morgan fingerprint density at radius 2 is 1.92 bits per heavy atom. The fourth-order valence-corrected chi connectivity index (χ4v) is 5.14. The molecule has 1 aliphatic carbocycles. The van der Waals surface area contributed by atoms with E-state index in [-0.39, 0.29) is 29.4 Å². The van der Waals surface area contributed by atoms with Crippen molar-refractivity contribution in [3.63, 3.8) is 0 Å². The zero-order valence-electron chi connectivity index (χ0n) is 19.5. The van der Waals surface area contributed by atoms with Crippen molar-refractivity contribution >= 4 is 28.7 Å². The molecule has 37 heavy (non-hydrogen) atoms. The minimum Gasteiger partial charge on any atom is -0.394 e. The van der Waals surface area contributed by atoms with Gasteiger partial charge in [0.25, 0.3) is 5.56 Å². The number of nitrogen functional groups attached to an aromatic ring is 1. The van der Waals surface area contributed by atoms with Crippen LogP contribution in [0.15, 0.2) is 47.3 Å². The monoisotopic (exact) mass is 504 g/mol. The fourth-order valence-electron chi connectivity index (χ4n) is 5.14. The lowest BCUT2D eigenvalue weighted by molar-refractivity contribution is -0.115. The van der Waals surface area contributed by atoms with Crippen LogP contribution in [0.25, 0.3) is 22.3 Å². The molecule has 6 rings (SSSR count). The third-order valence-corrected chi connectivity index (χ3v) is 6.86. The summed E-state index contributed by atoms with van der Waals surface area (Å²) < 4.78 is 6.93. The number of H-pyrrole nitrogens is 1.